The Balaban J connectivity index is 1.86. The van der Waals surface area contributed by atoms with Gasteiger partial charge < -0.3 is 18.9 Å². The van der Waals surface area contributed by atoms with E-state index >= 15 is 0 Å². The third kappa shape index (κ3) is 5.74. The van der Waals surface area contributed by atoms with E-state index in [1.54, 1.807) is 30.3 Å². The molecular formula is C22H26O6. The average Bonchev–Trinajstić information content (AvgIpc) is 2.69. The van der Waals surface area contributed by atoms with Crippen molar-refractivity contribution in [3.8, 4) is 17.2 Å². The summed E-state index contributed by atoms with van der Waals surface area (Å²) in [4.78, 5) is 24.2. The van der Waals surface area contributed by atoms with Gasteiger partial charge in [-0.25, -0.2) is 4.79 Å². The first-order chi connectivity index (χ1) is 13.2. The number of hydrogen-bond donors (Lipinski definition) is 0. The van der Waals surface area contributed by atoms with Crippen molar-refractivity contribution in [2.45, 2.75) is 26.2 Å². The van der Waals surface area contributed by atoms with E-state index in [2.05, 4.69) is 20.8 Å². The number of carbonyl (C=O) groups excluding carboxylic acids is 2. The second-order valence-corrected chi connectivity index (χ2v) is 7.21. The van der Waals surface area contributed by atoms with E-state index in [1.807, 2.05) is 12.1 Å². The minimum atomic E-state index is -0.624. The molecule has 6 nitrogen and oxygen atoms in total. The van der Waals surface area contributed by atoms with Gasteiger partial charge in [-0.05, 0) is 35.2 Å². The third-order valence-corrected chi connectivity index (χ3v) is 4.15. The summed E-state index contributed by atoms with van der Waals surface area (Å²) in [6.45, 7) is 5.69. The molecule has 0 bridgehead atoms. The van der Waals surface area contributed by atoms with E-state index in [0.29, 0.717) is 22.8 Å². The summed E-state index contributed by atoms with van der Waals surface area (Å²) in [5.74, 6) is 0.489. The van der Waals surface area contributed by atoms with Crippen LogP contribution in [0, 0.1) is 0 Å². The van der Waals surface area contributed by atoms with Crippen molar-refractivity contribution in [2.75, 3.05) is 27.4 Å². The van der Waals surface area contributed by atoms with Crippen LogP contribution in [0.4, 0.5) is 0 Å². The smallest absolute Gasteiger partial charge is 0.344 e. The zero-order valence-corrected chi connectivity index (χ0v) is 16.9. The maximum atomic E-state index is 12.3. The highest BCUT2D eigenvalue weighted by atomic mass is 16.6. The van der Waals surface area contributed by atoms with Gasteiger partial charge in [0.05, 0.1) is 19.8 Å². The number of ketones is 1. The van der Waals surface area contributed by atoms with Crippen LogP contribution >= 0.6 is 0 Å². The van der Waals surface area contributed by atoms with Crippen LogP contribution in [0.1, 0.15) is 36.7 Å². The highest BCUT2D eigenvalue weighted by Crippen LogP contribution is 2.25. The summed E-state index contributed by atoms with van der Waals surface area (Å²) in [7, 11) is 2.98. The summed E-state index contributed by atoms with van der Waals surface area (Å²) in [6.07, 6.45) is 0. The van der Waals surface area contributed by atoms with Crippen molar-refractivity contribution in [2.24, 2.45) is 0 Å². The van der Waals surface area contributed by atoms with Crippen molar-refractivity contribution < 1.29 is 28.5 Å². The Morgan fingerprint density at radius 3 is 2.07 bits per heavy atom. The summed E-state index contributed by atoms with van der Waals surface area (Å²) in [6, 6.07) is 12.3. The van der Waals surface area contributed by atoms with Crippen LogP contribution < -0.4 is 14.2 Å². The number of hydrogen-bond acceptors (Lipinski definition) is 6. The fraction of sp³-hybridized carbons (Fsp3) is 0.364. The van der Waals surface area contributed by atoms with Gasteiger partial charge in [0.2, 0.25) is 5.78 Å². The highest BCUT2D eigenvalue weighted by molar-refractivity contribution is 6.00. The van der Waals surface area contributed by atoms with Gasteiger partial charge in [0.25, 0.3) is 0 Å². The second-order valence-electron chi connectivity index (χ2n) is 7.21. The molecule has 2 aromatic rings. The highest BCUT2D eigenvalue weighted by Gasteiger charge is 2.16. The lowest BCUT2D eigenvalue weighted by Gasteiger charge is -2.19. The lowest BCUT2D eigenvalue weighted by molar-refractivity contribution is -0.144. The Kier molecular flexibility index (Phi) is 7.04. The lowest BCUT2D eigenvalue weighted by Crippen LogP contribution is -2.20. The van der Waals surface area contributed by atoms with E-state index in [-0.39, 0.29) is 17.8 Å². The van der Waals surface area contributed by atoms with E-state index < -0.39 is 12.6 Å². The van der Waals surface area contributed by atoms with Gasteiger partial charge in [0.15, 0.2) is 13.2 Å². The molecule has 6 heteroatoms. The molecule has 0 amide bonds. The number of rotatable bonds is 8. The fourth-order valence-corrected chi connectivity index (χ4v) is 2.49. The largest absolute Gasteiger partial charge is 0.497 e. The fourth-order valence-electron chi connectivity index (χ4n) is 2.49. The summed E-state index contributed by atoms with van der Waals surface area (Å²) < 4.78 is 20.7. The standard InChI is InChI=1S/C22H26O6/c1-22(2,3)15-6-8-16(9-7-15)27-14-21(24)28-13-19(23)18-11-10-17(25-4)12-20(18)26-5/h6-12H,13-14H2,1-5H3. The number of carbonyl (C=O) groups is 2. The van der Waals surface area contributed by atoms with Crippen LogP contribution in [0.15, 0.2) is 42.5 Å². The monoisotopic (exact) mass is 386 g/mol. The van der Waals surface area contributed by atoms with Crippen molar-refractivity contribution >= 4 is 11.8 Å². The Bertz CT molecular complexity index is 818. The molecule has 0 unspecified atom stereocenters. The predicted octanol–water partition coefficient (Wildman–Crippen LogP) is 3.81. The van der Waals surface area contributed by atoms with Gasteiger partial charge in [0.1, 0.15) is 17.2 Å². The zero-order valence-electron chi connectivity index (χ0n) is 16.9. The van der Waals surface area contributed by atoms with Crippen LogP contribution in [0.2, 0.25) is 0 Å². The minimum absolute atomic E-state index is 0.0420. The third-order valence-electron chi connectivity index (χ3n) is 4.15. The molecule has 0 aromatic heterocycles. The molecular weight excluding hydrogens is 360 g/mol. The first kappa shape index (κ1) is 21.3. The Morgan fingerprint density at radius 2 is 1.50 bits per heavy atom. The van der Waals surface area contributed by atoms with Crippen molar-refractivity contribution in [3.63, 3.8) is 0 Å². The van der Waals surface area contributed by atoms with Crippen LogP contribution in [-0.4, -0.2) is 39.2 Å². The Morgan fingerprint density at radius 1 is 0.857 bits per heavy atom. The molecule has 0 aliphatic rings. The lowest BCUT2D eigenvalue weighted by atomic mass is 9.87. The predicted molar refractivity (Wildman–Crippen MR) is 105 cm³/mol. The second kappa shape index (κ2) is 9.26. The van der Waals surface area contributed by atoms with Crippen LogP contribution in [0.3, 0.4) is 0 Å². The maximum absolute atomic E-state index is 12.3. The zero-order chi connectivity index (χ0) is 20.7. The molecule has 0 aliphatic carbocycles. The summed E-state index contributed by atoms with van der Waals surface area (Å²) in [5.41, 5.74) is 1.52. The van der Waals surface area contributed by atoms with Gasteiger partial charge in [-0.2, -0.15) is 0 Å². The number of benzene rings is 2. The molecule has 150 valence electrons. The molecule has 0 heterocycles. The maximum Gasteiger partial charge on any atom is 0.344 e. The topological polar surface area (TPSA) is 71.1 Å². The number of esters is 1. The summed E-state index contributed by atoms with van der Waals surface area (Å²) >= 11 is 0. The normalized spacial score (nSPS) is 10.9. The molecule has 0 N–H and O–H groups in total. The molecule has 0 spiro atoms. The van der Waals surface area contributed by atoms with E-state index in [0.717, 1.165) is 0 Å². The number of methoxy groups -OCH3 is 2. The van der Waals surface area contributed by atoms with Crippen LogP contribution in [0.5, 0.6) is 17.2 Å². The first-order valence-electron chi connectivity index (χ1n) is 8.89. The van der Waals surface area contributed by atoms with E-state index in [9.17, 15) is 9.59 Å². The van der Waals surface area contributed by atoms with Crippen molar-refractivity contribution in [1.29, 1.82) is 0 Å². The van der Waals surface area contributed by atoms with Gasteiger partial charge >= 0.3 is 5.97 Å². The first-order valence-corrected chi connectivity index (χ1v) is 8.89. The molecule has 0 atom stereocenters. The van der Waals surface area contributed by atoms with Gasteiger partial charge in [-0.15, -0.1) is 0 Å². The van der Waals surface area contributed by atoms with Crippen LogP contribution in [0.25, 0.3) is 0 Å². The molecule has 0 saturated carbocycles. The summed E-state index contributed by atoms with van der Waals surface area (Å²) in [5, 5.41) is 0. The number of Topliss-reactive ketones (excluding diaryl/α,β-unsaturated/α-hetero) is 1. The molecule has 0 saturated heterocycles. The molecule has 2 aromatic carbocycles. The van der Waals surface area contributed by atoms with Gasteiger partial charge in [-0.3, -0.25) is 4.79 Å². The van der Waals surface area contributed by atoms with Crippen molar-refractivity contribution in [3.05, 3.63) is 53.6 Å². The van der Waals surface area contributed by atoms with Crippen molar-refractivity contribution in [1.82, 2.24) is 0 Å². The molecule has 0 fully saturated rings. The quantitative estimate of drug-likeness (QED) is 0.508. The van der Waals surface area contributed by atoms with E-state index in [4.69, 9.17) is 18.9 Å². The van der Waals surface area contributed by atoms with Gasteiger partial charge in [-0.1, -0.05) is 32.9 Å². The molecule has 0 radical (unpaired) electrons. The van der Waals surface area contributed by atoms with Crippen LogP contribution in [-0.2, 0) is 14.9 Å². The molecule has 2 rings (SSSR count). The average molecular weight is 386 g/mol. The van der Waals surface area contributed by atoms with Gasteiger partial charge in [0, 0.05) is 6.07 Å². The Labute approximate surface area is 165 Å². The minimum Gasteiger partial charge on any atom is -0.497 e. The molecule has 0 aliphatic heterocycles. The van der Waals surface area contributed by atoms with E-state index in [1.165, 1.54) is 19.8 Å². The SMILES string of the molecule is COc1ccc(C(=O)COC(=O)COc2ccc(C(C)(C)C)cc2)c(OC)c1. The number of ether oxygens (including phenoxy) is 4. The Hall–Kier alpha value is -3.02. The molecule has 28 heavy (non-hydrogen) atoms.